The summed E-state index contributed by atoms with van der Waals surface area (Å²) < 4.78 is 1.06. The van der Waals surface area contributed by atoms with Gasteiger partial charge >= 0.3 is 0 Å². The van der Waals surface area contributed by atoms with E-state index in [0.717, 1.165) is 46.6 Å². The maximum Gasteiger partial charge on any atom is 0.131 e. The molecule has 1 aromatic carbocycles. The number of nitrogens with zero attached hydrogens (tertiary/aromatic N) is 1. The fourth-order valence-corrected chi connectivity index (χ4v) is 5.48. The fraction of sp³-hybridized carbons (Fsp3) is 0.316. The van der Waals surface area contributed by atoms with Crippen LogP contribution in [0.4, 0.5) is 5.69 Å². The highest BCUT2D eigenvalue weighted by molar-refractivity contribution is 7.20. The zero-order valence-electron chi connectivity index (χ0n) is 13.6. The summed E-state index contributed by atoms with van der Waals surface area (Å²) in [6.45, 7) is 0.726. The second kappa shape index (κ2) is 7.12. The minimum absolute atomic E-state index is 0.182. The first kappa shape index (κ1) is 17.1. The van der Waals surface area contributed by atoms with E-state index in [1.807, 2.05) is 24.3 Å². The van der Waals surface area contributed by atoms with Gasteiger partial charge < -0.3 is 11.1 Å². The maximum atomic E-state index is 6.67. The third-order valence-electron chi connectivity index (χ3n) is 4.81. The summed E-state index contributed by atoms with van der Waals surface area (Å²) in [7, 11) is 0. The van der Waals surface area contributed by atoms with Crippen molar-refractivity contribution < 1.29 is 0 Å². The molecule has 2 atom stereocenters. The van der Waals surface area contributed by atoms with Gasteiger partial charge in [0.2, 0.25) is 0 Å². The Hall–Kier alpha value is -1.33. The van der Waals surface area contributed by atoms with Crippen molar-refractivity contribution in [3.8, 4) is 0 Å². The molecule has 0 bridgehead atoms. The Balaban J connectivity index is 1.71. The van der Waals surface area contributed by atoms with Gasteiger partial charge in [-0.3, -0.25) is 0 Å². The number of benzene rings is 1. The molecule has 1 aliphatic carbocycles. The highest BCUT2D eigenvalue weighted by Crippen LogP contribution is 2.47. The third kappa shape index (κ3) is 3.36. The second-order valence-corrected chi connectivity index (χ2v) is 8.31. The Bertz CT molecular complexity index is 895. The number of nitrogens with two attached hydrogens (primary N) is 1. The van der Waals surface area contributed by atoms with Crippen molar-refractivity contribution in [2.24, 2.45) is 5.73 Å². The van der Waals surface area contributed by atoms with E-state index in [0.29, 0.717) is 16.1 Å². The van der Waals surface area contributed by atoms with Crippen LogP contribution in [0.1, 0.15) is 35.6 Å². The van der Waals surface area contributed by atoms with Gasteiger partial charge in [0, 0.05) is 29.4 Å². The zero-order valence-corrected chi connectivity index (χ0v) is 16.0. The normalized spacial score (nSPS) is 20.3. The van der Waals surface area contributed by atoms with Crippen molar-refractivity contribution in [3.05, 3.63) is 57.0 Å². The second-order valence-electron chi connectivity index (χ2n) is 6.49. The van der Waals surface area contributed by atoms with E-state index in [9.17, 15) is 0 Å². The van der Waals surface area contributed by atoms with E-state index in [4.69, 9.17) is 28.9 Å². The average Bonchev–Trinajstić information content (AvgIpc) is 3.17. The standard InChI is InChI=1S/C19H19Cl2N3S/c20-15-9-14(23-10-11-5-2-1-3-6-11)19-17(24-15)16(21)18(25-19)12-7-4-8-13(12)22/h1-3,5-6,9,12-13H,4,7-8,10,22H2,(H,23,24)/t12-,13-/m0/s1. The number of fused-ring (bicyclic) bond motifs is 1. The van der Waals surface area contributed by atoms with Crippen molar-refractivity contribution in [2.45, 2.75) is 37.8 Å². The van der Waals surface area contributed by atoms with Gasteiger partial charge in [-0.25, -0.2) is 4.98 Å². The van der Waals surface area contributed by atoms with Gasteiger partial charge in [-0.1, -0.05) is 60.0 Å². The Labute approximate surface area is 161 Å². The van der Waals surface area contributed by atoms with Crippen molar-refractivity contribution >= 4 is 50.4 Å². The molecule has 4 rings (SSSR count). The molecular weight excluding hydrogens is 373 g/mol. The molecule has 2 heterocycles. The lowest BCUT2D eigenvalue weighted by Gasteiger charge is -2.13. The molecular formula is C19H19Cl2N3S. The molecule has 0 amide bonds. The average molecular weight is 392 g/mol. The van der Waals surface area contributed by atoms with Gasteiger partial charge in [-0.05, 0) is 18.4 Å². The SMILES string of the molecule is N[C@H]1CCC[C@@H]1c1sc2c(NCc3ccccc3)cc(Cl)nc2c1Cl. The van der Waals surface area contributed by atoms with Crippen molar-refractivity contribution in [1.29, 1.82) is 0 Å². The summed E-state index contributed by atoms with van der Waals surface area (Å²) in [4.78, 5) is 5.62. The van der Waals surface area contributed by atoms with Crippen molar-refractivity contribution in [1.82, 2.24) is 4.98 Å². The van der Waals surface area contributed by atoms with Crippen LogP contribution in [0.25, 0.3) is 10.2 Å². The van der Waals surface area contributed by atoms with E-state index in [2.05, 4.69) is 22.4 Å². The number of nitrogens with one attached hydrogen (secondary N) is 1. The van der Waals surface area contributed by atoms with Crippen molar-refractivity contribution in [3.63, 3.8) is 0 Å². The van der Waals surface area contributed by atoms with Crippen LogP contribution in [0.5, 0.6) is 0 Å². The molecule has 3 N–H and O–H groups in total. The summed E-state index contributed by atoms with van der Waals surface area (Å²) in [5.74, 6) is 0.326. The van der Waals surface area contributed by atoms with Crippen LogP contribution < -0.4 is 11.1 Å². The highest BCUT2D eigenvalue weighted by atomic mass is 35.5. The molecule has 25 heavy (non-hydrogen) atoms. The molecule has 6 heteroatoms. The van der Waals surface area contributed by atoms with E-state index in [-0.39, 0.29) is 6.04 Å². The summed E-state index contributed by atoms with van der Waals surface area (Å²) >= 11 is 14.6. The van der Waals surface area contributed by atoms with Crippen LogP contribution in [0, 0.1) is 0 Å². The topological polar surface area (TPSA) is 50.9 Å². The van der Waals surface area contributed by atoms with E-state index >= 15 is 0 Å². The number of rotatable bonds is 4. The Kier molecular flexibility index (Phi) is 4.87. The first-order chi connectivity index (χ1) is 12.1. The van der Waals surface area contributed by atoms with E-state index in [1.165, 1.54) is 5.56 Å². The Morgan fingerprint density at radius 3 is 2.72 bits per heavy atom. The lowest BCUT2D eigenvalue weighted by Crippen LogP contribution is -2.22. The first-order valence-electron chi connectivity index (χ1n) is 8.45. The predicted molar refractivity (Wildman–Crippen MR) is 108 cm³/mol. The first-order valence-corrected chi connectivity index (χ1v) is 10.0. The van der Waals surface area contributed by atoms with Gasteiger partial charge in [0.15, 0.2) is 0 Å². The number of thiophene rings is 1. The zero-order chi connectivity index (χ0) is 17.4. The molecule has 0 saturated heterocycles. The van der Waals surface area contributed by atoms with Crippen LogP contribution in [0.2, 0.25) is 10.2 Å². The number of hydrogen-bond donors (Lipinski definition) is 2. The molecule has 1 aliphatic rings. The largest absolute Gasteiger partial charge is 0.380 e. The van der Waals surface area contributed by atoms with Crippen molar-refractivity contribution in [2.75, 3.05) is 5.32 Å². The smallest absolute Gasteiger partial charge is 0.131 e. The van der Waals surface area contributed by atoms with Crippen LogP contribution in [0.15, 0.2) is 36.4 Å². The maximum absolute atomic E-state index is 6.67. The molecule has 0 unspecified atom stereocenters. The molecule has 1 saturated carbocycles. The predicted octanol–water partition coefficient (Wildman–Crippen LogP) is 5.81. The molecule has 1 fully saturated rings. The minimum atomic E-state index is 0.182. The molecule has 0 radical (unpaired) electrons. The van der Waals surface area contributed by atoms with Gasteiger partial charge in [-0.15, -0.1) is 11.3 Å². The molecule has 3 nitrogen and oxygen atoms in total. The number of pyridine rings is 1. The van der Waals surface area contributed by atoms with E-state index in [1.54, 1.807) is 11.3 Å². The molecule has 0 aliphatic heterocycles. The summed E-state index contributed by atoms with van der Waals surface area (Å²) in [6.07, 6.45) is 3.31. The Morgan fingerprint density at radius 2 is 2.00 bits per heavy atom. The molecule has 3 aromatic rings. The third-order valence-corrected chi connectivity index (χ3v) is 6.84. The van der Waals surface area contributed by atoms with Crippen LogP contribution in [-0.4, -0.2) is 11.0 Å². The number of halogens is 2. The molecule has 0 spiro atoms. The highest BCUT2D eigenvalue weighted by Gasteiger charge is 2.30. The van der Waals surface area contributed by atoms with Gasteiger partial charge in [0.1, 0.15) is 10.7 Å². The van der Waals surface area contributed by atoms with Gasteiger partial charge in [0.25, 0.3) is 0 Å². The number of anilines is 1. The van der Waals surface area contributed by atoms with Crippen LogP contribution in [-0.2, 0) is 6.54 Å². The monoisotopic (exact) mass is 391 g/mol. The van der Waals surface area contributed by atoms with Gasteiger partial charge in [-0.2, -0.15) is 0 Å². The Morgan fingerprint density at radius 1 is 1.20 bits per heavy atom. The molecule has 130 valence electrons. The summed E-state index contributed by atoms with van der Waals surface area (Å²) in [6, 6.07) is 12.3. The van der Waals surface area contributed by atoms with Gasteiger partial charge in [0.05, 0.1) is 15.4 Å². The fourth-order valence-electron chi connectivity index (χ4n) is 3.50. The summed E-state index contributed by atoms with van der Waals surface area (Å²) in [5, 5.41) is 4.65. The minimum Gasteiger partial charge on any atom is -0.380 e. The number of hydrogen-bond acceptors (Lipinski definition) is 4. The van der Waals surface area contributed by atoms with Crippen LogP contribution in [0.3, 0.4) is 0 Å². The lowest BCUT2D eigenvalue weighted by atomic mass is 10.0. The quantitative estimate of drug-likeness (QED) is 0.551. The van der Waals surface area contributed by atoms with E-state index < -0.39 is 0 Å². The lowest BCUT2D eigenvalue weighted by molar-refractivity contribution is 0.622. The molecule has 2 aromatic heterocycles. The van der Waals surface area contributed by atoms with Crippen LogP contribution >= 0.6 is 34.5 Å². The summed E-state index contributed by atoms with van der Waals surface area (Å²) in [5.41, 5.74) is 9.26. The number of aromatic nitrogens is 1.